The van der Waals surface area contributed by atoms with Crippen molar-refractivity contribution >= 4 is 11.9 Å². The number of hydrogen-bond acceptors (Lipinski definition) is 3. The number of esters is 1. The number of ether oxygens (including phenoxy) is 1. The summed E-state index contributed by atoms with van der Waals surface area (Å²) >= 11 is 0. The van der Waals surface area contributed by atoms with Crippen molar-refractivity contribution in [2.45, 2.75) is 58.3 Å². The number of rotatable bonds is 5. The molecule has 4 aliphatic rings. The number of carbonyl (C=O) groups excluding carboxylic acids is 1. The third-order valence-corrected chi connectivity index (χ3v) is 6.11. The maximum absolute atomic E-state index is 11.8. The molecule has 4 aliphatic carbocycles. The monoisotopic (exact) mass is 332 g/mol. The first-order chi connectivity index (χ1) is 11.5. The van der Waals surface area contributed by atoms with E-state index in [2.05, 4.69) is 25.2 Å². The molecule has 1 N–H and O–H groups in total. The molecule has 4 rings (SSSR count). The van der Waals surface area contributed by atoms with Crippen molar-refractivity contribution in [1.29, 1.82) is 0 Å². The zero-order valence-electron chi connectivity index (χ0n) is 14.5. The van der Waals surface area contributed by atoms with E-state index in [0.717, 1.165) is 44.9 Å². The van der Waals surface area contributed by atoms with Gasteiger partial charge in [-0.15, -0.1) is 0 Å². The highest BCUT2D eigenvalue weighted by atomic mass is 16.5. The molecule has 0 aromatic rings. The standard InChI is InChI=1S/C12H18O2.C8H10O2/c1-2-3-8-14-11(13)12-6-4-10(9-12)5-7-12;9-7(10)8-3-1-6(5-8)2-4-8/h4,6,10H,2-3,5,7-9H2,1H3;1,3,6H,2,4-5H2,(H,9,10). The minimum absolute atomic E-state index is 0.0159. The average molecular weight is 332 g/mol. The van der Waals surface area contributed by atoms with E-state index in [1.165, 1.54) is 6.42 Å². The molecule has 4 heteroatoms. The Bertz CT molecular complexity index is 564. The summed E-state index contributed by atoms with van der Waals surface area (Å²) in [5.74, 6) is 0.593. The van der Waals surface area contributed by atoms with Gasteiger partial charge in [0.15, 0.2) is 0 Å². The Morgan fingerprint density at radius 1 is 1.08 bits per heavy atom. The number of carboxylic acids is 1. The van der Waals surface area contributed by atoms with Crippen LogP contribution in [-0.2, 0) is 14.3 Å². The normalized spacial score (nSPS) is 37.4. The average Bonchev–Trinajstić information content (AvgIpc) is 3.36. The van der Waals surface area contributed by atoms with E-state index in [-0.39, 0.29) is 11.4 Å². The van der Waals surface area contributed by atoms with E-state index in [9.17, 15) is 9.59 Å². The number of carboxylic acid groups (broad SMARTS) is 1. The van der Waals surface area contributed by atoms with Gasteiger partial charge in [0.05, 0.1) is 17.4 Å². The molecule has 0 radical (unpaired) electrons. The summed E-state index contributed by atoms with van der Waals surface area (Å²) in [6.45, 7) is 2.70. The first-order valence-electron chi connectivity index (χ1n) is 9.29. The molecule has 0 amide bonds. The maximum atomic E-state index is 11.8. The second kappa shape index (κ2) is 6.73. The van der Waals surface area contributed by atoms with Crippen molar-refractivity contribution < 1.29 is 19.4 Å². The SMILES string of the molecule is CCCCOC(=O)C12C=CC(CC1)C2.O=C(O)C12C=CC(CC1)C2. The van der Waals surface area contributed by atoms with Crippen molar-refractivity contribution in [3.8, 4) is 0 Å². The van der Waals surface area contributed by atoms with Gasteiger partial charge in [-0.3, -0.25) is 9.59 Å². The van der Waals surface area contributed by atoms with Gasteiger partial charge in [-0.2, -0.15) is 0 Å². The fourth-order valence-corrected chi connectivity index (χ4v) is 4.47. The van der Waals surface area contributed by atoms with Gasteiger partial charge in [0, 0.05) is 0 Å². The van der Waals surface area contributed by atoms with Gasteiger partial charge >= 0.3 is 11.9 Å². The number of allylic oxidation sites excluding steroid dienone is 2. The molecule has 0 aromatic heterocycles. The van der Waals surface area contributed by atoms with Crippen molar-refractivity contribution in [2.24, 2.45) is 22.7 Å². The number of unbranched alkanes of at least 4 members (excludes halogenated alkanes) is 1. The van der Waals surface area contributed by atoms with Crippen LogP contribution in [-0.4, -0.2) is 23.7 Å². The lowest BCUT2D eigenvalue weighted by Gasteiger charge is -2.20. The predicted molar refractivity (Wildman–Crippen MR) is 91.3 cm³/mol. The highest BCUT2D eigenvalue weighted by molar-refractivity contribution is 5.80. The van der Waals surface area contributed by atoms with Crippen molar-refractivity contribution in [2.75, 3.05) is 6.61 Å². The summed E-state index contributed by atoms with van der Waals surface area (Å²) in [7, 11) is 0. The van der Waals surface area contributed by atoms with Gasteiger partial charge in [-0.1, -0.05) is 37.6 Å². The van der Waals surface area contributed by atoms with Gasteiger partial charge < -0.3 is 9.84 Å². The molecule has 132 valence electrons. The molecular formula is C20H28O4. The molecule has 0 aliphatic heterocycles. The molecule has 4 nitrogen and oxygen atoms in total. The lowest BCUT2D eigenvalue weighted by Crippen LogP contribution is -2.27. The minimum atomic E-state index is -0.635. The lowest BCUT2D eigenvalue weighted by atomic mass is 9.88. The zero-order chi connectivity index (χ0) is 17.2. The summed E-state index contributed by atoms with van der Waals surface area (Å²) in [5.41, 5.74) is -0.678. The highest BCUT2D eigenvalue weighted by Gasteiger charge is 2.47. The van der Waals surface area contributed by atoms with Crippen LogP contribution in [0.4, 0.5) is 0 Å². The Labute approximate surface area is 144 Å². The molecule has 2 saturated carbocycles. The number of aliphatic carboxylic acids is 1. The van der Waals surface area contributed by atoms with Crippen LogP contribution in [0, 0.1) is 22.7 Å². The van der Waals surface area contributed by atoms with Crippen molar-refractivity contribution in [3.63, 3.8) is 0 Å². The molecule has 4 atom stereocenters. The minimum Gasteiger partial charge on any atom is -0.481 e. The van der Waals surface area contributed by atoms with Crippen molar-refractivity contribution in [3.05, 3.63) is 24.3 Å². The van der Waals surface area contributed by atoms with Crippen molar-refractivity contribution in [1.82, 2.24) is 0 Å². The third kappa shape index (κ3) is 3.15. The molecule has 24 heavy (non-hydrogen) atoms. The van der Waals surface area contributed by atoms with E-state index < -0.39 is 11.4 Å². The topological polar surface area (TPSA) is 63.6 Å². The van der Waals surface area contributed by atoms with E-state index >= 15 is 0 Å². The highest BCUT2D eigenvalue weighted by Crippen LogP contribution is 2.50. The molecule has 0 aromatic carbocycles. The van der Waals surface area contributed by atoms with Gasteiger partial charge in [-0.05, 0) is 56.8 Å². The number of hydrogen-bond donors (Lipinski definition) is 1. The van der Waals surface area contributed by atoms with Crippen LogP contribution in [0.2, 0.25) is 0 Å². The van der Waals surface area contributed by atoms with Gasteiger partial charge in [0.1, 0.15) is 0 Å². The fraction of sp³-hybridized carbons (Fsp3) is 0.700. The summed E-state index contributed by atoms with van der Waals surface area (Å²) in [4.78, 5) is 22.6. The number of fused-ring (bicyclic) bond motifs is 4. The van der Waals surface area contributed by atoms with Gasteiger partial charge in [0.2, 0.25) is 0 Å². The Morgan fingerprint density at radius 2 is 1.67 bits per heavy atom. The largest absolute Gasteiger partial charge is 0.481 e. The van der Waals surface area contributed by atoms with Crippen LogP contribution in [0.15, 0.2) is 24.3 Å². The van der Waals surface area contributed by atoms with Gasteiger partial charge in [-0.25, -0.2) is 0 Å². The second-order valence-corrected chi connectivity index (χ2v) is 7.83. The molecular weight excluding hydrogens is 304 g/mol. The van der Waals surface area contributed by atoms with Gasteiger partial charge in [0.25, 0.3) is 0 Å². The maximum Gasteiger partial charge on any atom is 0.315 e. The third-order valence-electron chi connectivity index (χ3n) is 6.11. The molecule has 0 spiro atoms. The predicted octanol–water partition coefficient (Wildman–Crippen LogP) is 4.11. The number of carbonyl (C=O) groups is 2. The van der Waals surface area contributed by atoms with Crippen LogP contribution in [0.3, 0.4) is 0 Å². The van der Waals surface area contributed by atoms with E-state index in [4.69, 9.17) is 9.84 Å². The molecule has 4 bridgehead atoms. The summed E-state index contributed by atoms with van der Waals surface area (Å²) in [5, 5.41) is 8.84. The molecule has 0 heterocycles. The van der Waals surface area contributed by atoms with E-state index in [0.29, 0.717) is 18.4 Å². The first kappa shape index (κ1) is 17.2. The van der Waals surface area contributed by atoms with Crippen LogP contribution in [0.1, 0.15) is 58.3 Å². The molecule has 0 saturated heterocycles. The first-order valence-corrected chi connectivity index (χ1v) is 9.29. The van der Waals surface area contributed by atoms with Crippen LogP contribution in [0.5, 0.6) is 0 Å². The van der Waals surface area contributed by atoms with Crippen LogP contribution in [0.25, 0.3) is 0 Å². The summed E-state index contributed by atoms with van der Waals surface area (Å²) < 4.78 is 5.30. The molecule has 2 fully saturated rings. The fourth-order valence-electron chi connectivity index (χ4n) is 4.47. The lowest BCUT2D eigenvalue weighted by molar-refractivity contribution is -0.152. The Morgan fingerprint density at radius 3 is 2.00 bits per heavy atom. The summed E-state index contributed by atoms with van der Waals surface area (Å²) in [6.07, 6.45) is 16.2. The smallest absolute Gasteiger partial charge is 0.315 e. The molecule has 4 unspecified atom stereocenters. The van der Waals surface area contributed by atoms with E-state index in [1.807, 2.05) is 6.08 Å². The summed E-state index contributed by atoms with van der Waals surface area (Å²) in [6, 6.07) is 0. The Hall–Kier alpha value is -1.58. The van der Waals surface area contributed by atoms with Crippen LogP contribution < -0.4 is 0 Å². The Kier molecular flexibility index (Phi) is 4.84. The van der Waals surface area contributed by atoms with E-state index in [1.54, 1.807) is 0 Å². The second-order valence-electron chi connectivity index (χ2n) is 7.83. The van der Waals surface area contributed by atoms with Crippen LogP contribution >= 0.6 is 0 Å². The zero-order valence-corrected chi connectivity index (χ0v) is 14.5. The quantitative estimate of drug-likeness (QED) is 0.467. The Balaban J connectivity index is 0.000000149.